The van der Waals surface area contributed by atoms with Gasteiger partial charge in [-0.05, 0) is 31.6 Å². The quantitative estimate of drug-likeness (QED) is 0.698. The summed E-state index contributed by atoms with van der Waals surface area (Å²) in [4.78, 5) is 0. The SMILES string of the molecule is COc1cccc(F)c1CNCCCN. The number of hydrogen-bond donors (Lipinski definition) is 2. The molecule has 4 heteroatoms. The van der Waals surface area contributed by atoms with Crippen LogP contribution in [0.5, 0.6) is 5.75 Å². The predicted molar refractivity (Wildman–Crippen MR) is 58.3 cm³/mol. The second kappa shape index (κ2) is 6.37. The first-order chi connectivity index (χ1) is 7.29. The molecule has 3 nitrogen and oxygen atoms in total. The first-order valence-electron chi connectivity index (χ1n) is 5.01. The molecule has 0 radical (unpaired) electrons. The molecule has 0 atom stereocenters. The third-order valence-corrected chi connectivity index (χ3v) is 2.16. The van der Waals surface area contributed by atoms with Gasteiger partial charge in [0, 0.05) is 12.1 Å². The Bertz CT molecular complexity index is 305. The first-order valence-corrected chi connectivity index (χ1v) is 5.01. The van der Waals surface area contributed by atoms with E-state index < -0.39 is 0 Å². The third-order valence-electron chi connectivity index (χ3n) is 2.16. The largest absolute Gasteiger partial charge is 0.496 e. The van der Waals surface area contributed by atoms with Crippen LogP contribution in [0.3, 0.4) is 0 Å². The summed E-state index contributed by atoms with van der Waals surface area (Å²) in [5.41, 5.74) is 5.92. The monoisotopic (exact) mass is 212 g/mol. The highest BCUT2D eigenvalue weighted by Gasteiger charge is 2.07. The molecule has 0 fully saturated rings. The minimum atomic E-state index is -0.241. The van der Waals surface area contributed by atoms with Crippen molar-refractivity contribution in [2.45, 2.75) is 13.0 Å². The predicted octanol–water partition coefficient (Wildman–Crippen LogP) is 1.27. The van der Waals surface area contributed by atoms with E-state index in [1.54, 1.807) is 12.1 Å². The molecule has 0 saturated heterocycles. The number of benzene rings is 1. The smallest absolute Gasteiger partial charge is 0.131 e. The van der Waals surface area contributed by atoms with Gasteiger partial charge in [0.05, 0.1) is 7.11 Å². The van der Waals surface area contributed by atoms with E-state index >= 15 is 0 Å². The molecular formula is C11H17FN2O. The van der Waals surface area contributed by atoms with Crippen molar-refractivity contribution in [2.24, 2.45) is 5.73 Å². The van der Waals surface area contributed by atoms with Crippen molar-refractivity contribution in [3.8, 4) is 5.75 Å². The van der Waals surface area contributed by atoms with Gasteiger partial charge >= 0.3 is 0 Å². The Kier molecular flexibility index (Phi) is 5.07. The number of methoxy groups -OCH3 is 1. The molecule has 0 unspecified atom stereocenters. The molecule has 0 aromatic heterocycles. The fraction of sp³-hybridized carbons (Fsp3) is 0.455. The van der Waals surface area contributed by atoms with Crippen LogP contribution < -0.4 is 15.8 Å². The fourth-order valence-corrected chi connectivity index (χ4v) is 1.34. The van der Waals surface area contributed by atoms with Crippen LogP contribution in [0.4, 0.5) is 4.39 Å². The maximum absolute atomic E-state index is 13.4. The van der Waals surface area contributed by atoms with Crippen molar-refractivity contribution in [1.29, 1.82) is 0 Å². The van der Waals surface area contributed by atoms with E-state index in [9.17, 15) is 4.39 Å². The molecule has 1 rings (SSSR count). The van der Waals surface area contributed by atoms with Gasteiger partial charge in [0.25, 0.3) is 0 Å². The number of ether oxygens (including phenoxy) is 1. The summed E-state index contributed by atoms with van der Waals surface area (Å²) in [6.45, 7) is 1.89. The van der Waals surface area contributed by atoms with Crippen molar-refractivity contribution in [3.63, 3.8) is 0 Å². The zero-order valence-corrected chi connectivity index (χ0v) is 8.92. The Morgan fingerprint density at radius 2 is 2.27 bits per heavy atom. The average Bonchev–Trinajstić information content (AvgIpc) is 2.26. The van der Waals surface area contributed by atoms with Gasteiger partial charge in [0.1, 0.15) is 11.6 Å². The Balaban J connectivity index is 2.58. The van der Waals surface area contributed by atoms with Gasteiger partial charge < -0.3 is 15.8 Å². The van der Waals surface area contributed by atoms with Crippen LogP contribution in [0.1, 0.15) is 12.0 Å². The lowest BCUT2D eigenvalue weighted by Gasteiger charge is -2.10. The van der Waals surface area contributed by atoms with Crippen LogP contribution in [0.25, 0.3) is 0 Å². The molecule has 1 aromatic rings. The van der Waals surface area contributed by atoms with Crippen molar-refractivity contribution in [1.82, 2.24) is 5.32 Å². The van der Waals surface area contributed by atoms with E-state index in [0.717, 1.165) is 13.0 Å². The molecule has 1 aromatic carbocycles. The standard InChI is InChI=1S/C11H17FN2O/c1-15-11-5-2-4-10(12)9(11)8-14-7-3-6-13/h2,4-5,14H,3,6-8,13H2,1H3. The molecule has 0 aliphatic heterocycles. The minimum Gasteiger partial charge on any atom is -0.496 e. The molecule has 0 amide bonds. The fourth-order valence-electron chi connectivity index (χ4n) is 1.34. The summed E-state index contributed by atoms with van der Waals surface area (Å²) in [6, 6.07) is 4.82. The summed E-state index contributed by atoms with van der Waals surface area (Å²) >= 11 is 0. The molecule has 0 spiro atoms. The summed E-state index contributed by atoms with van der Waals surface area (Å²) in [6.07, 6.45) is 0.886. The average molecular weight is 212 g/mol. The second-order valence-electron chi connectivity index (χ2n) is 3.24. The zero-order chi connectivity index (χ0) is 11.1. The van der Waals surface area contributed by atoms with E-state index in [4.69, 9.17) is 10.5 Å². The molecule has 0 saturated carbocycles. The van der Waals surface area contributed by atoms with Gasteiger partial charge in [-0.15, -0.1) is 0 Å². The molecule has 0 aliphatic rings. The number of nitrogens with one attached hydrogen (secondary N) is 1. The molecule has 0 aliphatic carbocycles. The van der Waals surface area contributed by atoms with Gasteiger partial charge in [-0.25, -0.2) is 4.39 Å². The molecule has 0 bridgehead atoms. The minimum absolute atomic E-state index is 0.241. The summed E-state index contributed by atoms with van der Waals surface area (Å²) in [7, 11) is 1.54. The normalized spacial score (nSPS) is 10.3. The number of halogens is 1. The van der Waals surface area contributed by atoms with E-state index in [2.05, 4.69) is 5.32 Å². The lowest BCUT2D eigenvalue weighted by atomic mass is 10.2. The van der Waals surface area contributed by atoms with Crippen molar-refractivity contribution in [2.75, 3.05) is 20.2 Å². The van der Waals surface area contributed by atoms with E-state index in [1.165, 1.54) is 13.2 Å². The summed E-state index contributed by atoms with van der Waals surface area (Å²) in [5, 5.41) is 3.12. The maximum Gasteiger partial charge on any atom is 0.131 e. The van der Waals surface area contributed by atoms with Crippen LogP contribution in [-0.4, -0.2) is 20.2 Å². The number of rotatable bonds is 6. The Hall–Kier alpha value is -1.13. The highest BCUT2D eigenvalue weighted by molar-refractivity contribution is 5.34. The van der Waals surface area contributed by atoms with Crippen LogP contribution >= 0.6 is 0 Å². The number of nitrogens with two attached hydrogens (primary N) is 1. The van der Waals surface area contributed by atoms with Crippen LogP contribution in [0.15, 0.2) is 18.2 Å². The van der Waals surface area contributed by atoms with Gasteiger partial charge in [-0.2, -0.15) is 0 Å². The van der Waals surface area contributed by atoms with E-state index in [-0.39, 0.29) is 5.82 Å². The van der Waals surface area contributed by atoms with Crippen molar-refractivity contribution in [3.05, 3.63) is 29.6 Å². The molecular weight excluding hydrogens is 195 g/mol. The third kappa shape index (κ3) is 3.49. The summed E-state index contributed by atoms with van der Waals surface area (Å²) < 4.78 is 18.5. The molecule has 3 N–H and O–H groups in total. The van der Waals surface area contributed by atoms with Gasteiger partial charge in [0.15, 0.2) is 0 Å². The lowest BCUT2D eigenvalue weighted by molar-refractivity contribution is 0.402. The van der Waals surface area contributed by atoms with Crippen molar-refractivity contribution >= 4 is 0 Å². The first kappa shape index (κ1) is 11.9. The van der Waals surface area contributed by atoms with E-state index in [1.807, 2.05) is 0 Å². The maximum atomic E-state index is 13.4. The topological polar surface area (TPSA) is 47.3 Å². The van der Waals surface area contributed by atoms with Crippen LogP contribution in [-0.2, 0) is 6.54 Å². The van der Waals surface area contributed by atoms with E-state index in [0.29, 0.717) is 24.4 Å². The van der Waals surface area contributed by atoms with Crippen molar-refractivity contribution < 1.29 is 9.13 Å². The zero-order valence-electron chi connectivity index (χ0n) is 8.92. The summed E-state index contributed by atoms with van der Waals surface area (Å²) in [5.74, 6) is 0.338. The van der Waals surface area contributed by atoms with Gasteiger partial charge in [0.2, 0.25) is 0 Å². The van der Waals surface area contributed by atoms with Gasteiger partial charge in [-0.1, -0.05) is 6.07 Å². The van der Waals surface area contributed by atoms with Gasteiger partial charge in [-0.3, -0.25) is 0 Å². The Morgan fingerprint density at radius 1 is 1.47 bits per heavy atom. The molecule has 0 heterocycles. The van der Waals surface area contributed by atoms with Crippen LogP contribution in [0.2, 0.25) is 0 Å². The van der Waals surface area contributed by atoms with Crippen LogP contribution in [0, 0.1) is 5.82 Å². The highest BCUT2D eigenvalue weighted by Crippen LogP contribution is 2.20. The second-order valence-corrected chi connectivity index (χ2v) is 3.24. The highest BCUT2D eigenvalue weighted by atomic mass is 19.1. The molecule has 15 heavy (non-hydrogen) atoms. The Morgan fingerprint density at radius 3 is 2.93 bits per heavy atom. The number of hydrogen-bond acceptors (Lipinski definition) is 3. The molecule has 84 valence electrons. The lowest BCUT2D eigenvalue weighted by Crippen LogP contribution is -2.18. The Labute approximate surface area is 89.4 Å².